The monoisotopic (exact) mass is 353 g/mol. The summed E-state index contributed by atoms with van der Waals surface area (Å²) in [5.74, 6) is 0.136. The number of ether oxygens (including phenoxy) is 1. The Kier molecular flexibility index (Phi) is 4.71. The molecule has 0 saturated carbocycles. The van der Waals surface area contributed by atoms with Gasteiger partial charge in [-0.1, -0.05) is 22.0 Å². The molecule has 1 aromatic rings. The van der Waals surface area contributed by atoms with E-state index in [2.05, 4.69) is 21.2 Å². The molecule has 0 aromatic heterocycles. The van der Waals surface area contributed by atoms with E-state index < -0.39 is 11.7 Å². The molecule has 0 radical (unpaired) electrons. The zero-order valence-electron chi connectivity index (χ0n) is 12.5. The van der Waals surface area contributed by atoms with Crippen molar-refractivity contribution in [1.29, 1.82) is 0 Å². The zero-order chi connectivity index (χ0) is 15.6. The number of benzene rings is 1. The maximum atomic E-state index is 12.0. The molecule has 1 aliphatic rings. The van der Waals surface area contributed by atoms with Gasteiger partial charge in [0.2, 0.25) is 0 Å². The van der Waals surface area contributed by atoms with Gasteiger partial charge < -0.3 is 10.1 Å². The molecule has 4 nitrogen and oxygen atoms in total. The van der Waals surface area contributed by atoms with Gasteiger partial charge >= 0.3 is 6.09 Å². The number of alkyl carbamates (subject to hydrolysis) is 1. The van der Waals surface area contributed by atoms with Crippen LogP contribution in [0, 0.1) is 0 Å². The molecule has 114 valence electrons. The molecule has 1 aromatic carbocycles. The fourth-order valence-corrected chi connectivity index (χ4v) is 2.84. The Hall–Kier alpha value is -1.36. The molecular formula is C16H20BrNO3. The van der Waals surface area contributed by atoms with E-state index in [1.54, 1.807) is 0 Å². The van der Waals surface area contributed by atoms with Crippen LogP contribution in [-0.4, -0.2) is 23.5 Å². The summed E-state index contributed by atoms with van der Waals surface area (Å²) in [6, 6.07) is 5.70. The maximum absolute atomic E-state index is 12.0. The van der Waals surface area contributed by atoms with Crippen molar-refractivity contribution in [3.05, 3.63) is 33.8 Å². The molecule has 1 unspecified atom stereocenters. The molecule has 0 fully saturated rings. The molecule has 0 aliphatic heterocycles. The van der Waals surface area contributed by atoms with E-state index in [4.69, 9.17) is 4.74 Å². The van der Waals surface area contributed by atoms with Gasteiger partial charge in [0, 0.05) is 23.4 Å². The molecular weight excluding hydrogens is 334 g/mol. The van der Waals surface area contributed by atoms with Gasteiger partial charge in [0.05, 0.1) is 0 Å². The molecule has 1 amide bonds. The lowest BCUT2D eigenvalue weighted by Crippen LogP contribution is -2.40. The number of halogens is 1. The lowest BCUT2D eigenvalue weighted by molar-refractivity contribution is -0.118. The number of carbonyl (C=O) groups is 2. The van der Waals surface area contributed by atoms with Crippen LogP contribution in [0.1, 0.15) is 38.3 Å². The van der Waals surface area contributed by atoms with Gasteiger partial charge in [-0.25, -0.2) is 4.79 Å². The molecule has 5 heteroatoms. The summed E-state index contributed by atoms with van der Waals surface area (Å²) in [6.45, 7) is 5.45. The lowest BCUT2D eigenvalue weighted by Gasteiger charge is -2.23. The highest BCUT2D eigenvalue weighted by Crippen LogP contribution is 2.23. The first-order valence-electron chi connectivity index (χ1n) is 7.01. The van der Waals surface area contributed by atoms with Crippen LogP contribution in [0.2, 0.25) is 0 Å². The van der Waals surface area contributed by atoms with Crippen molar-refractivity contribution in [2.45, 2.75) is 51.7 Å². The van der Waals surface area contributed by atoms with Crippen molar-refractivity contribution in [2.24, 2.45) is 0 Å². The van der Waals surface area contributed by atoms with Crippen LogP contribution >= 0.6 is 15.9 Å². The minimum atomic E-state index is -0.542. The van der Waals surface area contributed by atoms with Crippen LogP contribution in [0.3, 0.4) is 0 Å². The van der Waals surface area contributed by atoms with Gasteiger partial charge in [-0.05, 0) is 50.5 Å². The smallest absolute Gasteiger partial charge is 0.407 e. The summed E-state index contributed by atoms with van der Waals surface area (Å²) in [7, 11) is 0. The molecule has 0 heterocycles. The normalized spacial score (nSPS) is 18.7. The van der Waals surface area contributed by atoms with Gasteiger partial charge in [-0.2, -0.15) is 0 Å². The van der Waals surface area contributed by atoms with E-state index >= 15 is 0 Å². The Bertz CT molecular complexity index is 563. The molecule has 1 aliphatic carbocycles. The zero-order valence-corrected chi connectivity index (χ0v) is 14.1. The minimum Gasteiger partial charge on any atom is -0.444 e. The van der Waals surface area contributed by atoms with Gasteiger partial charge in [0.25, 0.3) is 0 Å². The highest BCUT2D eigenvalue weighted by atomic mass is 79.9. The molecule has 1 atom stereocenters. The van der Waals surface area contributed by atoms with Crippen LogP contribution in [0.5, 0.6) is 0 Å². The molecule has 21 heavy (non-hydrogen) atoms. The Labute approximate surface area is 133 Å². The van der Waals surface area contributed by atoms with Crippen LogP contribution in [0.15, 0.2) is 22.7 Å². The van der Waals surface area contributed by atoms with Gasteiger partial charge in [0.15, 0.2) is 0 Å². The van der Waals surface area contributed by atoms with Gasteiger partial charge in [-0.15, -0.1) is 0 Å². The lowest BCUT2D eigenvalue weighted by atomic mass is 10.0. The second kappa shape index (κ2) is 6.18. The summed E-state index contributed by atoms with van der Waals surface area (Å²) in [5, 5.41) is 2.81. The van der Waals surface area contributed by atoms with Crippen molar-refractivity contribution in [3.8, 4) is 0 Å². The van der Waals surface area contributed by atoms with Crippen LogP contribution < -0.4 is 5.32 Å². The summed E-state index contributed by atoms with van der Waals surface area (Å²) in [6.07, 6.45) is 0.930. The van der Waals surface area contributed by atoms with E-state index in [-0.39, 0.29) is 11.8 Å². The number of rotatable bonds is 1. The third-order valence-electron chi connectivity index (χ3n) is 3.22. The van der Waals surface area contributed by atoms with Crippen molar-refractivity contribution in [3.63, 3.8) is 0 Å². The number of Topliss-reactive ketones (excluding diaryl/α,β-unsaturated/α-hetero) is 1. The number of ketones is 1. The third-order valence-corrected chi connectivity index (χ3v) is 3.71. The average molecular weight is 354 g/mol. The van der Waals surface area contributed by atoms with E-state index in [9.17, 15) is 9.59 Å². The van der Waals surface area contributed by atoms with E-state index in [0.29, 0.717) is 19.3 Å². The fourth-order valence-electron chi connectivity index (χ4n) is 2.43. The highest BCUT2D eigenvalue weighted by Gasteiger charge is 2.25. The first-order chi connectivity index (χ1) is 9.73. The molecule has 0 bridgehead atoms. The standard InChI is InChI=1S/C16H20BrNO3/c1-16(2,3)21-15(20)18-13-7-11-6-12(17)5-4-10(11)8-14(19)9-13/h4-6,13H,7-9H2,1-3H3,(H,18,20). The summed E-state index contributed by atoms with van der Waals surface area (Å²) < 4.78 is 6.24. The number of hydrogen-bond acceptors (Lipinski definition) is 3. The molecule has 0 saturated heterocycles. The first kappa shape index (κ1) is 16.0. The van der Waals surface area contributed by atoms with Crippen molar-refractivity contribution >= 4 is 27.8 Å². The predicted molar refractivity (Wildman–Crippen MR) is 84.3 cm³/mol. The molecule has 0 spiro atoms. The average Bonchev–Trinajstić information content (AvgIpc) is 2.43. The maximum Gasteiger partial charge on any atom is 0.407 e. The topological polar surface area (TPSA) is 55.4 Å². The van der Waals surface area contributed by atoms with E-state index in [1.807, 2.05) is 39.0 Å². The first-order valence-corrected chi connectivity index (χ1v) is 7.81. The highest BCUT2D eigenvalue weighted by molar-refractivity contribution is 9.10. The quantitative estimate of drug-likeness (QED) is 0.787. The van der Waals surface area contributed by atoms with E-state index in [1.165, 1.54) is 0 Å². The number of amides is 1. The predicted octanol–water partition coefficient (Wildman–Crippen LogP) is 3.40. The SMILES string of the molecule is CC(C)(C)OC(=O)NC1CC(=O)Cc2ccc(Br)cc2C1. The van der Waals surface area contributed by atoms with Crippen molar-refractivity contribution in [2.75, 3.05) is 0 Å². The Morgan fingerprint density at radius 3 is 2.67 bits per heavy atom. The van der Waals surface area contributed by atoms with Gasteiger partial charge in [0.1, 0.15) is 11.4 Å². The number of nitrogens with one attached hydrogen (secondary N) is 1. The third kappa shape index (κ3) is 4.84. The molecule has 1 N–H and O–H groups in total. The largest absolute Gasteiger partial charge is 0.444 e. The second-order valence-corrected chi connectivity index (χ2v) is 7.30. The minimum absolute atomic E-state index is 0.136. The van der Waals surface area contributed by atoms with Gasteiger partial charge in [-0.3, -0.25) is 4.79 Å². The van der Waals surface area contributed by atoms with E-state index in [0.717, 1.165) is 15.6 Å². The number of hydrogen-bond donors (Lipinski definition) is 1. The fraction of sp³-hybridized carbons (Fsp3) is 0.500. The van der Waals surface area contributed by atoms with Crippen molar-refractivity contribution in [1.82, 2.24) is 5.32 Å². The Morgan fingerprint density at radius 2 is 2.00 bits per heavy atom. The van der Waals surface area contributed by atoms with Crippen LogP contribution in [0.25, 0.3) is 0 Å². The summed E-state index contributed by atoms with van der Waals surface area (Å²) >= 11 is 3.44. The Morgan fingerprint density at radius 1 is 1.29 bits per heavy atom. The number of carbonyl (C=O) groups excluding carboxylic acids is 2. The van der Waals surface area contributed by atoms with Crippen LogP contribution in [0.4, 0.5) is 4.79 Å². The number of fused-ring (bicyclic) bond motifs is 1. The van der Waals surface area contributed by atoms with Crippen LogP contribution in [-0.2, 0) is 22.4 Å². The second-order valence-electron chi connectivity index (χ2n) is 6.38. The van der Waals surface area contributed by atoms with Crippen molar-refractivity contribution < 1.29 is 14.3 Å². The summed E-state index contributed by atoms with van der Waals surface area (Å²) in [4.78, 5) is 23.9. The summed E-state index contributed by atoms with van der Waals surface area (Å²) in [5.41, 5.74) is 1.59. The molecule has 2 rings (SSSR count). The Balaban J connectivity index is 2.11.